The van der Waals surface area contributed by atoms with Crippen LogP contribution < -0.4 is 15.2 Å². The van der Waals surface area contributed by atoms with E-state index in [1.165, 1.54) is 16.7 Å². The first-order valence-electron chi connectivity index (χ1n) is 8.55. The second kappa shape index (κ2) is 8.90. The van der Waals surface area contributed by atoms with Gasteiger partial charge in [-0.1, -0.05) is 54.6 Å². The van der Waals surface area contributed by atoms with Gasteiger partial charge in [0.2, 0.25) is 0 Å². The van der Waals surface area contributed by atoms with E-state index in [4.69, 9.17) is 15.2 Å². The van der Waals surface area contributed by atoms with Gasteiger partial charge in [-0.3, -0.25) is 0 Å². The largest absolute Gasteiger partial charge is 0.490 e. The molecule has 0 bridgehead atoms. The second-order valence-electron chi connectivity index (χ2n) is 5.77. The topological polar surface area (TPSA) is 44.5 Å². The van der Waals surface area contributed by atoms with Gasteiger partial charge in [0.05, 0.1) is 0 Å². The van der Waals surface area contributed by atoms with Gasteiger partial charge in [-0.2, -0.15) is 0 Å². The molecule has 3 nitrogen and oxygen atoms in total. The highest BCUT2D eigenvalue weighted by Crippen LogP contribution is 2.22. The summed E-state index contributed by atoms with van der Waals surface area (Å²) >= 11 is 0. The Kier molecular flexibility index (Phi) is 6.07. The van der Waals surface area contributed by atoms with Crippen molar-refractivity contribution in [1.82, 2.24) is 0 Å². The van der Waals surface area contributed by atoms with Crippen LogP contribution in [0.4, 0.5) is 0 Å². The van der Waals surface area contributed by atoms with E-state index in [0.29, 0.717) is 19.8 Å². The molecule has 3 aromatic carbocycles. The molecule has 0 spiro atoms. The van der Waals surface area contributed by atoms with Gasteiger partial charge in [0.15, 0.2) is 0 Å². The number of hydrogen-bond acceptors (Lipinski definition) is 3. The van der Waals surface area contributed by atoms with Crippen molar-refractivity contribution < 1.29 is 9.47 Å². The fourth-order valence-corrected chi connectivity index (χ4v) is 2.65. The summed E-state index contributed by atoms with van der Waals surface area (Å²) in [6.07, 6.45) is 0.863. The Morgan fingerprint density at radius 3 is 2.04 bits per heavy atom. The van der Waals surface area contributed by atoms with E-state index in [1.54, 1.807) is 0 Å². The minimum atomic E-state index is 0.506. The molecule has 3 heteroatoms. The smallest absolute Gasteiger partial charge is 0.122 e. The lowest BCUT2D eigenvalue weighted by atomic mass is 10.1. The molecular formula is C22H23NO2. The molecule has 0 fully saturated rings. The predicted octanol–water partition coefficient (Wildman–Crippen LogP) is 4.31. The van der Waals surface area contributed by atoms with Gasteiger partial charge in [0, 0.05) is 0 Å². The minimum Gasteiger partial charge on any atom is -0.490 e. The highest BCUT2D eigenvalue weighted by molar-refractivity contribution is 5.63. The Labute approximate surface area is 149 Å². The molecule has 0 radical (unpaired) electrons. The van der Waals surface area contributed by atoms with Crippen LogP contribution in [0.15, 0.2) is 78.9 Å². The zero-order valence-electron chi connectivity index (χ0n) is 14.2. The maximum absolute atomic E-state index is 5.75. The first kappa shape index (κ1) is 17.1. The predicted molar refractivity (Wildman–Crippen MR) is 102 cm³/mol. The summed E-state index contributed by atoms with van der Waals surface area (Å²) in [6.45, 7) is 1.66. The quantitative estimate of drug-likeness (QED) is 0.625. The Balaban J connectivity index is 1.47. The van der Waals surface area contributed by atoms with Crippen LogP contribution in [0.25, 0.3) is 11.1 Å². The monoisotopic (exact) mass is 333 g/mol. The van der Waals surface area contributed by atoms with Crippen molar-refractivity contribution in [2.75, 3.05) is 19.8 Å². The molecule has 0 aliphatic rings. The van der Waals surface area contributed by atoms with Crippen molar-refractivity contribution in [3.05, 3.63) is 84.4 Å². The number of rotatable bonds is 8. The van der Waals surface area contributed by atoms with Crippen LogP contribution in [0.2, 0.25) is 0 Å². The normalized spacial score (nSPS) is 10.4. The van der Waals surface area contributed by atoms with Crippen molar-refractivity contribution in [1.29, 1.82) is 0 Å². The van der Waals surface area contributed by atoms with Crippen LogP contribution >= 0.6 is 0 Å². The SMILES string of the molecule is NCCc1cccc(OCCOc2ccc(-c3ccccc3)cc2)c1. The summed E-state index contributed by atoms with van der Waals surface area (Å²) in [7, 11) is 0. The zero-order chi connectivity index (χ0) is 17.3. The maximum Gasteiger partial charge on any atom is 0.122 e. The zero-order valence-corrected chi connectivity index (χ0v) is 14.2. The van der Waals surface area contributed by atoms with Crippen LogP contribution in [0.1, 0.15) is 5.56 Å². The van der Waals surface area contributed by atoms with Crippen molar-refractivity contribution >= 4 is 0 Å². The van der Waals surface area contributed by atoms with E-state index in [0.717, 1.165) is 17.9 Å². The molecule has 0 atom stereocenters. The molecule has 2 N–H and O–H groups in total. The molecule has 0 aliphatic heterocycles. The number of benzene rings is 3. The minimum absolute atomic E-state index is 0.506. The van der Waals surface area contributed by atoms with Gasteiger partial charge in [-0.15, -0.1) is 0 Å². The Morgan fingerprint density at radius 2 is 1.32 bits per heavy atom. The van der Waals surface area contributed by atoms with Gasteiger partial charge < -0.3 is 15.2 Å². The van der Waals surface area contributed by atoms with E-state index in [2.05, 4.69) is 30.3 Å². The molecule has 3 aromatic rings. The van der Waals surface area contributed by atoms with Gasteiger partial charge in [-0.25, -0.2) is 0 Å². The van der Waals surface area contributed by atoms with Crippen molar-refractivity contribution in [2.45, 2.75) is 6.42 Å². The third-order valence-corrected chi connectivity index (χ3v) is 3.91. The first-order chi connectivity index (χ1) is 12.3. The van der Waals surface area contributed by atoms with Gasteiger partial charge in [0.25, 0.3) is 0 Å². The second-order valence-corrected chi connectivity index (χ2v) is 5.77. The lowest BCUT2D eigenvalue weighted by Crippen LogP contribution is -2.09. The number of hydrogen-bond donors (Lipinski definition) is 1. The van der Waals surface area contributed by atoms with Gasteiger partial charge in [-0.05, 0) is 53.9 Å². The number of ether oxygens (including phenoxy) is 2. The molecule has 25 heavy (non-hydrogen) atoms. The molecule has 0 unspecified atom stereocenters. The van der Waals surface area contributed by atoms with E-state index in [9.17, 15) is 0 Å². The lowest BCUT2D eigenvalue weighted by Gasteiger charge is -2.10. The van der Waals surface area contributed by atoms with Crippen LogP contribution in [-0.4, -0.2) is 19.8 Å². The molecule has 0 aliphatic carbocycles. The Hall–Kier alpha value is -2.78. The van der Waals surface area contributed by atoms with Crippen LogP contribution in [0, 0.1) is 0 Å². The fraction of sp³-hybridized carbons (Fsp3) is 0.182. The highest BCUT2D eigenvalue weighted by Gasteiger charge is 2.00. The summed E-state index contributed by atoms with van der Waals surface area (Å²) in [5, 5.41) is 0. The van der Waals surface area contributed by atoms with E-state index in [1.807, 2.05) is 48.5 Å². The highest BCUT2D eigenvalue weighted by atomic mass is 16.5. The van der Waals surface area contributed by atoms with Crippen LogP contribution in [-0.2, 0) is 6.42 Å². The summed E-state index contributed by atoms with van der Waals surface area (Å²) in [4.78, 5) is 0. The summed E-state index contributed by atoms with van der Waals surface area (Å²) in [5.74, 6) is 1.70. The Bertz CT molecular complexity index is 770. The number of nitrogens with two attached hydrogens (primary N) is 1. The van der Waals surface area contributed by atoms with Gasteiger partial charge >= 0.3 is 0 Å². The average molecular weight is 333 g/mol. The van der Waals surface area contributed by atoms with Crippen LogP contribution in [0.3, 0.4) is 0 Å². The molecular weight excluding hydrogens is 310 g/mol. The molecule has 0 saturated heterocycles. The summed E-state index contributed by atoms with van der Waals surface area (Å²) in [5.41, 5.74) is 9.16. The van der Waals surface area contributed by atoms with Crippen molar-refractivity contribution in [3.63, 3.8) is 0 Å². The molecule has 0 aromatic heterocycles. The van der Waals surface area contributed by atoms with Gasteiger partial charge in [0.1, 0.15) is 24.7 Å². The standard InChI is InChI=1S/C22H23NO2/c23-14-13-18-5-4-8-22(17-18)25-16-15-24-21-11-9-20(10-12-21)19-6-2-1-3-7-19/h1-12,17H,13-16,23H2. The van der Waals surface area contributed by atoms with Crippen molar-refractivity contribution in [3.8, 4) is 22.6 Å². The molecule has 0 heterocycles. The van der Waals surface area contributed by atoms with Crippen molar-refractivity contribution in [2.24, 2.45) is 5.73 Å². The average Bonchev–Trinajstić information content (AvgIpc) is 2.67. The lowest BCUT2D eigenvalue weighted by molar-refractivity contribution is 0.217. The molecule has 0 saturated carbocycles. The first-order valence-corrected chi connectivity index (χ1v) is 8.55. The van der Waals surface area contributed by atoms with E-state index >= 15 is 0 Å². The van der Waals surface area contributed by atoms with E-state index < -0.39 is 0 Å². The van der Waals surface area contributed by atoms with E-state index in [-0.39, 0.29) is 0 Å². The molecule has 128 valence electrons. The fourth-order valence-electron chi connectivity index (χ4n) is 2.65. The molecule has 3 rings (SSSR count). The third kappa shape index (κ3) is 5.10. The molecule has 0 amide bonds. The maximum atomic E-state index is 5.75. The van der Waals surface area contributed by atoms with Crippen LogP contribution in [0.5, 0.6) is 11.5 Å². The third-order valence-electron chi connectivity index (χ3n) is 3.91. The summed E-state index contributed by atoms with van der Waals surface area (Å²) in [6, 6.07) is 26.5. The summed E-state index contributed by atoms with van der Waals surface area (Å²) < 4.78 is 11.5. The Morgan fingerprint density at radius 1 is 0.640 bits per heavy atom.